The maximum absolute atomic E-state index is 8.74. The van der Waals surface area contributed by atoms with Crippen LogP contribution in [0.1, 0.15) is 0 Å². The van der Waals surface area contributed by atoms with E-state index < -0.39 is 10.4 Å². The zero-order chi connectivity index (χ0) is 6.50. The lowest BCUT2D eigenvalue weighted by molar-refractivity contribution is 0.381. The van der Waals surface area contributed by atoms with E-state index in [2.05, 4.69) is 0 Å². The molecular formula is CH2NO4S-. The van der Waals surface area contributed by atoms with Crippen LogP contribution < -0.4 is 0 Å². The molecule has 0 amide bonds. The molecule has 2 N–H and O–H groups in total. The normalized spacial score (nSPS) is 8.57. The molecule has 42 valence electrons. The SMILES string of the molecule is O=S(=O)(O)O.[C-]#N. The first kappa shape index (κ1) is 9.61. The van der Waals surface area contributed by atoms with E-state index in [1.54, 1.807) is 0 Å². The third kappa shape index (κ3) is 148. The van der Waals surface area contributed by atoms with E-state index in [-0.39, 0.29) is 0 Å². The Morgan fingerprint density at radius 2 is 1.29 bits per heavy atom. The van der Waals surface area contributed by atoms with E-state index in [1.165, 1.54) is 0 Å². The molecule has 6 heteroatoms. The second kappa shape index (κ2) is 3.55. The monoisotopic (exact) mass is 124 g/mol. The Kier molecular flexibility index (Phi) is 4.87. The maximum Gasteiger partial charge on any atom is 0.394 e. The van der Waals surface area contributed by atoms with Crippen LogP contribution in [0.5, 0.6) is 0 Å². The van der Waals surface area contributed by atoms with Crippen LogP contribution in [0.2, 0.25) is 0 Å². The van der Waals surface area contributed by atoms with Gasteiger partial charge in [0, 0.05) is 0 Å². The number of hydrogen-bond acceptors (Lipinski definition) is 3. The van der Waals surface area contributed by atoms with Crippen molar-refractivity contribution in [3.05, 3.63) is 6.57 Å². The summed E-state index contributed by atoms with van der Waals surface area (Å²) < 4.78 is 31.6. The van der Waals surface area contributed by atoms with E-state index in [9.17, 15) is 0 Å². The van der Waals surface area contributed by atoms with E-state index >= 15 is 0 Å². The van der Waals surface area contributed by atoms with Crippen molar-refractivity contribution in [3.63, 3.8) is 0 Å². The van der Waals surface area contributed by atoms with Crippen molar-refractivity contribution in [2.45, 2.75) is 0 Å². The Hall–Kier alpha value is -0.640. The molecule has 0 aromatic carbocycles. The van der Waals surface area contributed by atoms with Gasteiger partial charge in [0.1, 0.15) is 0 Å². The standard InChI is InChI=1S/CN.H2O4S/c1-2;1-5(2,3)4/h;(H2,1,2,3,4)/q-1;. The summed E-state index contributed by atoms with van der Waals surface area (Å²) in [7, 11) is -4.67. The van der Waals surface area contributed by atoms with E-state index in [0.717, 1.165) is 0 Å². The first-order valence-electron chi connectivity index (χ1n) is 0.922. The zero-order valence-corrected chi connectivity index (χ0v) is 3.88. The predicted molar refractivity (Wildman–Crippen MR) is 19.1 cm³/mol. The molecule has 0 aliphatic carbocycles. The minimum atomic E-state index is -4.67. The molecule has 0 aromatic rings. The maximum atomic E-state index is 8.74. The van der Waals surface area contributed by atoms with Crippen LogP contribution in [0.15, 0.2) is 0 Å². The third-order valence-corrected chi connectivity index (χ3v) is 0. The predicted octanol–water partition coefficient (Wildman–Crippen LogP) is -0.556. The molecule has 0 spiro atoms. The van der Waals surface area contributed by atoms with Crippen LogP contribution in [0.3, 0.4) is 0 Å². The quantitative estimate of drug-likeness (QED) is 0.333. The fourth-order valence-corrected chi connectivity index (χ4v) is 0. The van der Waals surface area contributed by atoms with Crippen LogP contribution in [-0.2, 0) is 10.4 Å². The van der Waals surface area contributed by atoms with Crippen LogP contribution in [0, 0.1) is 11.8 Å². The van der Waals surface area contributed by atoms with Gasteiger partial charge < -0.3 is 11.8 Å². The lowest BCUT2D eigenvalue weighted by atomic mass is 11.9. The lowest BCUT2D eigenvalue weighted by Crippen LogP contribution is -1.89. The molecule has 0 aliphatic rings. The Bertz CT molecular complexity index is 123. The van der Waals surface area contributed by atoms with Gasteiger partial charge in [0.05, 0.1) is 0 Å². The van der Waals surface area contributed by atoms with E-state index in [1.807, 2.05) is 0 Å². The minimum absolute atomic E-state index is 4.67. The van der Waals surface area contributed by atoms with Gasteiger partial charge in [-0.15, -0.1) is 0 Å². The molecular weight excluding hydrogens is 122 g/mol. The molecule has 0 atom stereocenters. The van der Waals surface area contributed by atoms with Gasteiger partial charge in [0.25, 0.3) is 0 Å². The average Bonchev–Trinajstić information content (AvgIpc) is 1.36. The van der Waals surface area contributed by atoms with Gasteiger partial charge in [-0.25, -0.2) is 0 Å². The fourth-order valence-electron chi connectivity index (χ4n) is 0. The minimum Gasteiger partial charge on any atom is -0.512 e. The summed E-state index contributed by atoms with van der Waals surface area (Å²) in [6, 6.07) is 0. The fraction of sp³-hybridized carbons (Fsp3) is 0. The average molecular weight is 124 g/mol. The number of rotatable bonds is 0. The summed E-state index contributed by atoms with van der Waals surface area (Å²) >= 11 is 0. The van der Waals surface area contributed by atoms with Crippen molar-refractivity contribution in [1.29, 1.82) is 5.26 Å². The van der Waals surface area contributed by atoms with Gasteiger partial charge in [-0.05, 0) is 0 Å². The topological polar surface area (TPSA) is 98.4 Å². The summed E-state index contributed by atoms with van der Waals surface area (Å²) in [4.78, 5) is 0. The summed E-state index contributed by atoms with van der Waals surface area (Å²) in [6.45, 7) is 4.75. The molecule has 0 unspecified atom stereocenters. The molecule has 0 radical (unpaired) electrons. The van der Waals surface area contributed by atoms with Gasteiger partial charge >= 0.3 is 10.4 Å². The van der Waals surface area contributed by atoms with Gasteiger partial charge in [-0.2, -0.15) is 8.42 Å². The molecule has 0 rings (SSSR count). The van der Waals surface area contributed by atoms with Gasteiger partial charge in [0.15, 0.2) is 0 Å². The smallest absolute Gasteiger partial charge is 0.394 e. The molecule has 0 aliphatic heterocycles. The van der Waals surface area contributed by atoms with E-state index in [4.69, 9.17) is 29.4 Å². The number of nitrogens with zero attached hydrogens (tertiary/aromatic N) is 1. The van der Waals surface area contributed by atoms with Crippen molar-refractivity contribution in [2.24, 2.45) is 0 Å². The van der Waals surface area contributed by atoms with Crippen molar-refractivity contribution < 1.29 is 17.5 Å². The highest BCUT2D eigenvalue weighted by Crippen LogP contribution is 1.59. The third-order valence-electron chi connectivity index (χ3n) is 0. The van der Waals surface area contributed by atoms with Crippen molar-refractivity contribution >= 4 is 10.4 Å². The number of hydrogen-bond donors (Lipinski definition) is 2. The van der Waals surface area contributed by atoms with Crippen LogP contribution in [0.4, 0.5) is 0 Å². The van der Waals surface area contributed by atoms with Crippen molar-refractivity contribution in [2.75, 3.05) is 0 Å². The molecule has 5 nitrogen and oxygen atoms in total. The Morgan fingerprint density at radius 1 is 1.29 bits per heavy atom. The van der Waals surface area contributed by atoms with Crippen LogP contribution >= 0.6 is 0 Å². The summed E-state index contributed by atoms with van der Waals surface area (Å²) in [5.74, 6) is 0. The summed E-state index contributed by atoms with van der Waals surface area (Å²) in [5, 5.41) is 6.25. The molecule has 0 saturated carbocycles. The summed E-state index contributed by atoms with van der Waals surface area (Å²) in [5.41, 5.74) is 0. The van der Waals surface area contributed by atoms with Crippen LogP contribution in [-0.4, -0.2) is 17.5 Å². The van der Waals surface area contributed by atoms with Crippen molar-refractivity contribution in [3.8, 4) is 0 Å². The van der Waals surface area contributed by atoms with E-state index in [0.29, 0.717) is 0 Å². The molecule has 0 aromatic heterocycles. The summed E-state index contributed by atoms with van der Waals surface area (Å²) in [6.07, 6.45) is 0. The van der Waals surface area contributed by atoms with Crippen LogP contribution in [0.25, 0.3) is 0 Å². The second-order valence-corrected chi connectivity index (χ2v) is 1.34. The molecule has 7 heavy (non-hydrogen) atoms. The highest BCUT2D eigenvalue weighted by molar-refractivity contribution is 7.79. The molecule has 0 bridgehead atoms. The largest absolute Gasteiger partial charge is 0.512 e. The van der Waals surface area contributed by atoms with Crippen molar-refractivity contribution in [1.82, 2.24) is 0 Å². The zero-order valence-electron chi connectivity index (χ0n) is 3.07. The molecule has 0 fully saturated rings. The lowest BCUT2D eigenvalue weighted by Gasteiger charge is -1.68. The first-order chi connectivity index (χ1) is 3.00. The first-order valence-corrected chi connectivity index (χ1v) is 2.32. The molecule has 0 saturated heterocycles. The molecule has 0 heterocycles. The van der Waals surface area contributed by atoms with Gasteiger partial charge in [-0.3, -0.25) is 9.11 Å². The van der Waals surface area contributed by atoms with Gasteiger partial charge in [0.2, 0.25) is 0 Å². The Morgan fingerprint density at radius 3 is 1.29 bits per heavy atom. The second-order valence-electron chi connectivity index (χ2n) is 0.448. The highest BCUT2D eigenvalue weighted by Gasteiger charge is 1.84. The Labute approximate surface area is 40.8 Å². The Balaban J connectivity index is 0. The van der Waals surface area contributed by atoms with Gasteiger partial charge in [-0.1, -0.05) is 0 Å². The highest BCUT2D eigenvalue weighted by atomic mass is 32.3.